The number of para-hydroxylation sites is 1. The fourth-order valence-corrected chi connectivity index (χ4v) is 5.01. The summed E-state index contributed by atoms with van der Waals surface area (Å²) in [7, 11) is 0. The molecule has 0 aliphatic heterocycles. The molecule has 2 amide bonds. The van der Waals surface area contributed by atoms with Crippen LogP contribution in [0, 0.1) is 0 Å². The van der Waals surface area contributed by atoms with Gasteiger partial charge in [-0.15, -0.1) is 0 Å². The first-order valence-corrected chi connectivity index (χ1v) is 15.8. The Bertz CT molecular complexity index is 1250. The zero-order valence-electron chi connectivity index (χ0n) is 25.5. The van der Waals surface area contributed by atoms with E-state index < -0.39 is 11.9 Å². The third-order valence-electron chi connectivity index (χ3n) is 7.55. The predicted octanol–water partition coefficient (Wildman–Crippen LogP) is 7.79. The average molecular weight is 577 g/mol. The lowest BCUT2D eigenvalue weighted by Gasteiger charge is -2.08. The van der Waals surface area contributed by atoms with E-state index in [1.807, 2.05) is 24.3 Å². The van der Waals surface area contributed by atoms with Gasteiger partial charge < -0.3 is 19.8 Å². The summed E-state index contributed by atoms with van der Waals surface area (Å²) in [5.41, 5.74) is 2.92. The highest BCUT2D eigenvalue weighted by Crippen LogP contribution is 2.27. The predicted molar refractivity (Wildman–Crippen MR) is 167 cm³/mol. The van der Waals surface area contributed by atoms with Crippen molar-refractivity contribution in [2.45, 2.75) is 110 Å². The molecule has 0 atom stereocenters. The van der Waals surface area contributed by atoms with Crippen LogP contribution in [-0.2, 0) is 33.9 Å². The van der Waals surface area contributed by atoms with E-state index in [-0.39, 0.29) is 19.1 Å². The molecule has 2 aromatic carbocycles. The summed E-state index contributed by atoms with van der Waals surface area (Å²) in [5.74, 6) is -1.03. The monoisotopic (exact) mass is 576 g/mol. The highest BCUT2D eigenvalue weighted by molar-refractivity contribution is 6.32. The molecule has 0 radical (unpaired) electrons. The molecule has 0 saturated heterocycles. The summed E-state index contributed by atoms with van der Waals surface area (Å²) < 4.78 is 11.2. The van der Waals surface area contributed by atoms with Gasteiger partial charge in [-0.05, 0) is 36.6 Å². The van der Waals surface area contributed by atoms with Crippen molar-refractivity contribution in [2.24, 2.45) is 0 Å². The number of ether oxygens (including phenoxy) is 1. The fourth-order valence-electron chi connectivity index (χ4n) is 5.01. The SMILES string of the molecule is CCCCCCCCCCCCNC(=O)c1ccc(COC(=O)C(=O)NCc2c(CCCC)oc3ccccc23)cc1. The lowest BCUT2D eigenvalue weighted by atomic mass is 10.1. The van der Waals surface area contributed by atoms with Gasteiger partial charge in [0, 0.05) is 36.0 Å². The second kappa shape index (κ2) is 18.7. The van der Waals surface area contributed by atoms with Crippen molar-refractivity contribution in [3.63, 3.8) is 0 Å². The molecule has 0 fully saturated rings. The number of benzene rings is 2. The molecule has 1 heterocycles. The Kier molecular flexibility index (Phi) is 14.7. The van der Waals surface area contributed by atoms with E-state index in [0.717, 1.165) is 54.4 Å². The number of amides is 2. The Morgan fingerprint density at radius 3 is 2.07 bits per heavy atom. The first kappa shape index (κ1) is 32.9. The minimum absolute atomic E-state index is 0.0524. The smallest absolute Gasteiger partial charge is 0.397 e. The molecule has 1 aromatic heterocycles. The lowest BCUT2D eigenvalue weighted by Crippen LogP contribution is -2.32. The Morgan fingerprint density at radius 1 is 0.738 bits per heavy atom. The van der Waals surface area contributed by atoms with Crippen molar-refractivity contribution in [2.75, 3.05) is 6.54 Å². The summed E-state index contributed by atoms with van der Waals surface area (Å²) in [6.45, 7) is 5.16. The van der Waals surface area contributed by atoms with E-state index in [0.29, 0.717) is 17.7 Å². The number of unbranched alkanes of at least 4 members (excludes halogenated alkanes) is 10. The molecule has 0 spiro atoms. The number of carbonyl (C=O) groups is 3. The molecule has 0 bridgehead atoms. The maximum atomic E-state index is 12.4. The molecule has 7 heteroatoms. The first-order valence-electron chi connectivity index (χ1n) is 15.8. The topological polar surface area (TPSA) is 97.6 Å². The minimum atomic E-state index is -0.948. The van der Waals surface area contributed by atoms with Crippen LogP contribution >= 0.6 is 0 Å². The quantitative estimate of drug-likeness (QED) is 0.0862. The van der Waals surface area contributed by atoms with Gasteiger partial charge in [-0.3, -0.25) is 9.59 Å². The van der Waals surface area contributed by atoms with Gasteiger partial charge in [-0.2, -0.15) is 0 Å². The zero-order valence-corrected chi connectivity index (χ0v) is 25.5. The summed E-state index contributed by atoms with van der Waals surface area (Å²) in [6.07, 6.45) is 15.4. The van der Waals surface area contributed by atoms with Crippen molar-refractivity contribution in [1.29, 1.82) is 0 Å². The van der Waals surface area contributed by atoms with Crippen molar-refractivity contribution in [1.82, 2.24) is 10.6 Å². The zero-order chi connectivity index (χ0) is 30.0. The molecule has 0 aliphatic carbocycles. The molecule has 0 saturated carbocycles. The fraction of sp³-hybridized carbons (Fsp3) is 0.514. The first-order chi connectivity index (χ1) is 20.5. The Morgan fingerprint density at radius 2 is 1.38 bits per heavy atom. The second-order valence-corrected chi connectivity index (χ2v) is 11.0. The van der Waals surface area contributed by atoms with Crippen molar-refractivity contribution in [3.05, 3.63) is 71.0 Å². The maximum Gasteiger partial charge on any atom is 0.397 e. The molecule has 228 valence electrons. The minimum Gasteiger partial charge on any atom is -0.461 e. The van der Waals surface area contributed by atoms with Crippen LogP contribution < -0.4 is 10.6 Å². The van der Waals surface area contributed by atoms with Gasteiger partial charge in [0.2, 0.25) is 0 Å². The number of nitrogens with one attached hydrogen (secondary N) is 2. The summed E-state index contributed by atoms with van der Waals surface area (Å²) in [5, 5.41) is 6.59. The van der Waals surface area contributed by atoms with E-state index in [1.165, 1.54) is 51.4 Å². The van der Waals surface area contributed by atoms with Gasteiger partial charge >= 0.3 is 11.9 Å². The Balaban J connectivity index is 1.34. The van der Waals surface area contributed by atoms with Crippen LogP contribution in [0.4, 0.5) is 0 Å². The number of fused-ring (bicyclic) bond motifs is 1. The average Bonchev–Trinajstić information content (AvgIpc) is 3.37. The van der Waals surface area contributed by atoms with Gasteiger partial charge in [0.25, 0.3) is 5.91 Å². The third kappa shape index (κ3) is 11.0. The van der Waals surface area contributed by atoms with Crippen LogP contribution in [0.2, 0.25) is 0 Å². The summed E-state index contributed by atoms with van der Waals surface area (Å²) in [4.78, 5) is 37.2. The number of hydrogen-bond donors (Lipinski definition) is 2. The highest BCUT2D eigenvalue weighted by atomic mass is 16.5. The van der Waals surface area contributed by atoms with Crippen LogP contribution in [0.15, 0.2) is 52.9 Å². The van der Waals surface area contributed by atoms with Gasteiger partial charge in [0.1, 0.15) is 18.0 Å². The van der Waals surface area contributed by atoms with E-state index in [1.54, 1.807) is 24.3 Å². The molecular weight excluding hydrogens is 528 g/mol. The molecule has 0 aliphatic rings. The third-order valence-corrected chi connectivity index (χ3v) is 7.55. The van der Waals surface area contributed by atoms with Gasteiger partial charge in [0.05, 0.1) is 0 Å². The molecule has 2 N–H and O–H groups in total. The second-order valence-electron chi connectivity index (χ2n) is 11.0. The Labute approximate surface area is 250 Å². The lowest BCUT2D eigenvalue weighted by molar-refractivity contribution is -0.155. The van der Waals surface area contributed by atoms with E-state index in [9.17, 15) is 14.4 Å². The molecule has 42 heavy (non-hydrogen) atoms. The van der Waals surface area contributed by atoms with Crippen LogP contribution in [0.3, 0.4) is 0 Å². The van der Waals surface area contributed by atoms with Gasteiger partial charge in [0.15, 0.2) is 0 Å². The van der Waals surface area contributed by atoms with E-state index in [4.69, 9.17) is 9.15 Å². The van der Waals surface area contributed by atoms with Crippen LogP contribution in [0.25, 0.3) is 11.0 Å². The number of esters is 1. The van der Waals surface area contributed by atoms with E-state index >= 15 is 0 Å². The highest BCUT2D eigenvalue weighted by Gasteiger charge is 2.19. The van der Waals surface area contributed by atoms with Gasteiger partial charge in [-0.25, -0.2) is 4.79 Å². The molecule has 3 aromatic rings. The number of aryl methyl sites for hydroxylation is 1. The van der Waals surface area contributed by atoms with Crippen LogP contribution in [0.1, 0.15) is 118 Å². The normalized spacial score (nSPS) is 11.0. The molecular formula is C35H48N2O5. The summed E-state index contributed by atoms with van der Waals surface area (Å²) >= 11 is 0. The van der Waals surface area contributed by atoms with Crippen molar-refractivity contribution < 1.29 is 23.5 Å². The standard InChI is InChI=1S/C35H48N2O5/c1-3-5-7-8-9-10-11-12-13-16-24-36-33(38)28-22-20-27(21-23-28)26-41-35(40)34(39)37-25-30-29-17-14-15-19-31(29)42-32(30)18-6-4-2/h14-15,17,19-23H,3-13,16,18,24-26H2,1-2H3,(H,36,38)(H,37,39). The maximum absolute atomic E-state index is 12.4. The van der Waals surface area contributed by atoms with Gasteiger partial charge in [-0.1, -0.05) is 108 Å². The van der Waals surface area contributed by atoms with E-state index in [2.05, 4.69) is 24.5 Å². The van der Waals surface area contributed by atoms with Crippen molar-refractivity contribution in [3.8, 4) is 0 Å². The largest absolute Gasteiger partial charge is 0.461 e. The molecule has 0 unspecified atom stereocenters. The molecule has 7 nitrogen and oxygen atoms in total. The molecule has 3 rings (SSSR count). The number of rotatable bonds is 19. The van der Waals surface area contributed by atoms with Crippen LogP contribution in [0.5, 0.6) is 0 Å². The van der Waals surface area contributed by atoms with Crippen LogP contribution in [-0.4, -0.2) is 24.3 Å². The Hall–Kier alpha value is -3.61. The van der Waals surface area contributed by atoms with Crippen molar-refractivity contribution >= 4 is 28.8 Å². The summed E-state index contributed by atoms with van der Waals surface area (Å²) in [6, 6.07) is 14.6. The number of carbonyl (C=O) groups excluding carboxylic acids is 3. The number of furan rings is 1. The number of hydrogen-bond acceptors (Lipinski definition) is 5.